The molecular formula is C23H35N3O5S. The molecule has 1 aromatic heterocycles. The normalized spacial score (nSPS) is 16.2. The maximum atomic E-state index is 13.2. The average Bonchev–Trinajstić information content (AvgIpc) is 3.09. The smallest absolute Gasteiger partial charge is 0.408 e. The van der Waals surface area contributed by atoms with Gasteiger partial charge in [-0.1, -0.05) is 13.3 Å². The Hall–Kier alpha value is -2.13. The van der Waals surface area contributed by atoms with Gasteiger partial charge in [0.15, 0.2) is 5.58 Å². The first kappa shape index (κ1) is 24.5. The minimum absolute atomic E-state index is 0.0847. The highest BCUT2D eigenvalue weighted by Gasteiger charge is 2.31. The molecule has 178 valence electrons. The molecule has 1 aliphatic rings. The van der Waals surface area contributed by atoms with Crippen LogP contribution in [0.25, 0.3) is 11.1 Å². The predicted octanol–water partition coefficient (Wildman–Crippen LogP) is 3.61. The Kier molecular flexibility index (Phi) is 7.82. The van der Waals surface area contributed by atoms with Crippen LogP contribution in [0.2, 0.25) is 0 Å². The van der Waals surface area contributed by atoms with Gasteiger partial charge in [0.1, 0.15) is 0 Å². The number of benzene rings is 1. The van der Waals surface area contributed by atoms with Crippen LogP contribution in [0, 0.1) is 5.92 Å². The van der Waals surface area contributed by atoms with Crippen LogP contribution in [0.15, 0.2) is 32.3 Å². The molecule has 0 spiro atoms. The second kappa shape index (κ2) is 10.2. The van der Waals surface area contributed by atoms with Crippen molar-refractivity contribution in [3.63, 3.8) is 0 Å². The number of sulfonamides is 1. The summed E-state index contributed by atoms with van der Waals surface area (Å²) in [6.45, 7) is 10.1. The number of aromatic nitrogens is 1. The summed E-state index contributed by atoms with van der Waals surface area (Å²) >= 11 is 0. The lowest BCUT2D eigenvalue weighted by Gasteiger charge is -2.32. The maximum absolute atomic E-state index is 13.2. The van der Waals surface area contributed by atoms with Gasteiger partial charge in [-0.3, -0.25) is 9.36 Å². The summed E-state index contributed by atoms with van der Waals surface area (Å²) in [5.41, 5.74) is 0.863. The summed E-state index contributed by atoms with van der Waals surface area (Å²) in [5, 5.41) is 0. The van der Waals surface area contributed by atoms with Crippen molar-refractivity contribution >= 4 is 27.0 Å². The number of oxazole rings is 1. The molecule has 1 saturated heterocycles. The summed E-state index contributed by atoms with van der Waals surface area (Å²) in [6.07, 6.45) is 3.86. The minimum atomic E-state index is -3.70. The Morgan fingerprint density at radius 1 is 1.22 bits per heavy atom. The van der Waals surface area contributed by atoms with E-state index in [0.29, 0.717) is 44.4 Å². The van der Waals surface area contributed by atoms with Gasteiger partial charge in [0.25, 0.3) is 0 Å². The van der Waals surface area contributed by atoms with E-state index in [0.717, 1.165) is 19.4 Å². The fourth-order valence-electron chi connectivity index (χ4n) is 4.35. The van der Waals surface area contributed by atoms with Crippen LogP contribution >= 0.6 is 0 Å². The number of carbonyl (C=O) groups is 1. The molecule has 0 radical (unpaired) electrons. The third-order valence-electron chi connectivity index (χ3n) is 6.29. The molecule has 0 saturated carbocycles. The van der Waals surface area contributed by atoms with Crippen molar-refractivity contribution in [3.8, 4) is 0 Å². The molecule has 32 heavy (non-hydrogen) atoms. The SMILES string of the molecule is CCCCN(CC)C(=O)CC1CCN(S(=O)(=O)c2ccc3c(c2)oc(=O)n3C(C)C)CC1. The third kappa shape index (κ3) is 5.09. The maximum Gasteiger partial charge on any atom is 0.420 e. The fourth-order valence-corrected chi connectivity index (χ4v) is 5.84. The van der Waals surface area contributed by atoms with E-state index in [2.05, 4.69) is 6.92 Å². The van der Waals surface area contributed by atoms with Gasteiger partial charge in [-0.05, 0) is 58.1 Å². The van der Waals surface area contributed by atoms with Crippen molar-refractivity contribution in [3.05, 3.63) is 28.7 Å². The van der Waals surface area contributed by atoms with Crippen LogP contribution in [0.4, 0.5) is 0 Å². The molecule has 0 aliphatic carbocycles. The van der Waals surface area contributed by atoms with E-state index in [-0.39, 0.29) is 28.3 Å². The molecule has 0 N–H and O–H groups in total. The number of nitrogens with zero attached hydrogens (tertiary/aromatic N) is 3. The number of hydrogen-bond donors (Lipinski definition) is 0. The van der Waals surface area contributed by atoms with Gasteiger partial charge >= 0.3 is 5.76 Å². The van der Waals surface area contributed by atoms with Gasteiger partial charge in [-0.2, -0.15) is 4.31 Å². The number of hydrogen-bond acceptors (Lipinski definition) is 5. The molecule has 0 unspecified atom stereocenters. The molecule has 9 heteroatoms. The first-order valence-corrected chi connectivity index (χ1v) is 13.1. The van der Waals surface area contributed by atoms with E-state index in [1.54, 1.807) is 6.07 Å². The van der Waals surface area contributed by atoms with Gasteiger partial charge in [-0.25, -0.2) is 13.2 Å². The number of piperidine rings is 1. The molecule has 1 amide bonds. The van der Waals surface area contributed by atoms with Crippen molar-refractivity contribution in [1.82, 2.24) is 13.8 Å². The van der Waals surface area contributed by atoms with Crippen LogP contribution in [-0.4, -0.2) is 54.3 Å². The summed E-state index contributed by atoms with van der Waals surface area (Å²) in [5.74, 6) is -0.127. The van der Waals surface area contributed by atoms with E-state index in [4.69, 9.17) is 4.42 Å². The van der Waals surface area contributed by atoms with Crippen LogP contribution in [0.3, 0.4) is 0 Å². The highest BCUT2D eigenvalue weighted by Crippen LogP contribution is 2.28. The van der Waals surface area contributed by atoms with Crippen molar-refractivity contribution in [2.24, 2.45) is 5.92 Å². The molecule has 1 aliphatic heterocycles. The van der Waals surface area contributed by atoms with E-state index in [1.807, 2.05) is 25.7 Å². The molecule has 0 bridgehead atoms. The summed E-state index contributed by atoms with van der Waals surface area (Å²) < 4.78 is 34.6. The zero-order valence-electron chi connectivity index (χ0n) is 19.5. The van der Waals surface area contributed by atoms with Crippen LogP contribution in [-0.2, 0) is 14.8 Å². The lowest BCUT2D eigenvalue weighted by molar-refractivity contribution is -0.132. The highest BCUT2D eigenvalue weighted by molar-refractivity contribution is 7.89. The number of rotatable bonds is 9. The van der Waals surface area contributed by atoms with Crippen molar-refractivity contribution < 1.29 is 17.6 Å². The topological polar surface area (TPSA) is 92.8 Å². The van der Waals surface area contributed by atoms with Crippen LogP contribution in [0.5, 0.6) is 0 Å². The predicted molar refractivity (Wildman–Crippen MR) is 124 cm³/mol. The first-order valence-electron chi connectivity index (χ1n) is 11.6. The molecule has 8 nitrogen and oxygen atoms in total. The second-order valence-electron chi connectivity index (χ2n) is 8.84. The quantitative estimate of drug-likeness (QED) is 0.564. The van der Waals surface area contributed by atoms with E-state index in [9.17, 15) is 18.0 Å². The summed E-state index contributed by atoms with van der Waals surface area (Å²) in [4.78, 5) is 26.7. The van der Waals surface area contributed by atoms with E-state index >= 15 is 0 Å². The van der Waals surface area contributed by atoms with Crippen molar-refractivity contribution in [1.29, 1.82) is 0 Å². The van der Waals surface area contributed by atoms with Crippen molar-refractivity contribution in [2.75, 3.05) is 26.2 Å². The first-order chi connectivity index (χ1) is 15.2. The summed E-state index contributed by atoms with van der Waals surface area (Å²) in [6, 6.07) is 4.52. The lowest BCUT2D eigenvalue weighted by Crippen LogP contribution is -2.40. The standard InChI is InChI=1S/C23H35N3O5S/c1-5-7-12-24(6-2)22(27)15-18-10-13-25(14-11-18)32(29,30)19-8-9-20-21(16-19)31-23(28)26(20)17(3)4/h8-9,16-18H,5-7,10-15H2,1-4H3. The monoisotopic (exact) mass is 465 g/mol. The van der Waals surface area contributed by atoms with E-state index in [1.165, 1.54) is 21.0 Å². The zero-order chi connectivity index (χ0) is 23.5. The molecular weight excluding hydrogens is 430 g/mol. The van der Waals surface area contributed by atoms with Crippen LogP contribution < -0.4 is 5.76 Å². The van der Waals surface area contributed by atoms with Gasteiger partial charge in [0.2, 0.25) is 15.9 Å². The van der Waals surface area contributed by atoms with Gasteiger partial charge in [-0.15, -0.1) is 0 Å². The Balaban J connectivity index is 1.67. The number of unbranched alkanes of at least 4 members (excludes halogenated alkanes) is 1. The van der Waals surface area contributed by atoms with Crippen LogP contribution in [0.1, 0.15) is 65.8 Å². The molecule has 2 heterocycles. The number of fused-ring (bicyclic) bond motifs is 1. The lowest BCUT2D eigenvalue weighted by atomic mass is 9.94. The minimum Gasteiger partial charge on any atom is -0.408 e. The second-order valence-corrected chi connectivity index (χ2v) is 10.8. The fraction of sp³-hybridized carbons (Fsp3) is 0.652. The Bertz CT molecular complexity index is 1090. The molecule has 3 rings (SSSR count). The zero-order valence-corrected chi connectivity index (χ0v) is 20.4. The largest absolute Gasteiger partial charge is 0.420 e. The van der Waals surface area contributed by atoms with Gasteiger partial charge in [0, 0.05) is 44.7 Å². The summed E-state index contributed by atoms with van der Waals surface area (Å²) in [7, 11) is -3.70. The Morgan fingerprint density at radius 3 is 2.50 bits per heavy atom. The van der Waals surface area contributed by atoms with Gasteiger partial charge in [0.05, 0.1) is 10.4 Å². The average molecular weight is 466 g/mol. The third-order valence-corrected chi connectivity index (χ3v) is 8.19. The molecule has 1 fully saturated rings. The molecule has 2 aromatic rings. The Labute approximate surface area is 190 Å². The molecule has 0 atom stereocenters. The van der Waals surface area contributed by atoms with E-state index < -0.39 is 15.8 Å². The van der Waals surface area contributed by atoms with Crippen molar-refractivity contribution in [2.45, 2.75) is 70.7 Å². The highest BCUT2D eigenvalue weighted by atomic mass is 32.2. The van der Waals surface area contributed by atoms with Gasteiger partial charge < -0.3 is 9.32 Å². The Morgan fingerprint density at radius 2 is 1.91 bits per heavy atom. The number of carbonyl (C=O) groups excluding carboxylic acids is 1. The molecule has 1 aromatic carbocycles. The number of amides is 1.